The normalized spacial score (nSPS) is 10.3. The van der Waals surface area contributed by atoms with Gasteiger partial charge in [0.2, 0.25) is 5.91 Å². The number of nitrogens with zero attached hydrogens (tertiary/aromatic N) is 2. The molecule has 0 bridgehead atoms. The lowest BCUT2D eigenvalue weighted by Crippen LogP contribution is -2.14. The Morgan fingerprint density at radius 2 is 2.04 bits per heavy atom. The fourth-order valence-corrected chi connectivity index (χ4v) is 2.82. The summed E-state index contributed by atoms with van der Waals surface area (Å²) >= 11 is 0. The van der Waals surface area contributed by atoms with Crippen LogP contribution < -0.4 is 5.32 Å². The summed E-state index contributed by atoms with van der Waals surface area (Å²) in [5, 5.41) is 12.1. The molecule has 0 fully saturated rings. The number of carbonyl (C=O) groups excluding carboxylic acids is 2. The van der Waals surface area contributed by atoms with Crippen molar-refractivity contribution in [1.82, 2.24) is 4.40 Å². The SMILES string of the molecule is CC(=O)Nc1c(C)cccc1C(=O)OCc1cn2ccccc2c1C#N. The topological polar surface area (TPSA) is 83.6 Å². The largest absolute Gasteiger partial charge is 0.457 e. The minimum absolute atomic E-state index is 0.0309. The summed E-state index contributed by atoms with van der Waals surface area (Å²) in [4.78, 5) is 23.9. The van der Waals surface area contributed by atoms with E-state index >= 15 is 0 Å². The summed E-state index contributed by atoms with van der Waals surface area (Å²) in [5.74, 6) is -0.824. The minimum atomic E-state index is -0.559. The van der Waals surface area contributed by atoms with Crippen LogP contribution in [-0.2, 0) is 16.1 Å². The Balaban J connectivity index is 1.86. The Morgan fingerprint density at radius 1 is 1.23 bits per heavy atom. The molecule has 1 aromatic carbocycles. The molecule has 2 aromatic heterocycles. The number of aryl methyl sites for hydroxylation is 1. The number of hydrogen-bond acceptors (Lipinski definition) is 4. The lowest BCUT2D eigenvalue weighted by molar-refractivity contribution is -0.114. The number of fused-ring (bicyclic) bond motifs is 1. The molecule has 0 aliphatic heterocycles. The second-order valence-electron chi connectivity index (χ2n) is 5.89. The van der Waals surface area contributed by atoms with Gasteiger partial charge in [0, 0.05) is 24.9 Å². The molecule has 26 heavy (non-hydrogen) atoms. The number of nitrogens with one attached hydrogen (secondary N) is 1. The van der Waals surface area contributed by atoms with Crippen molar-refractivity contribution in [3.63, 3.8) is 0 Å². The van der Waals surface area contributed by atoms with E-state index in [0.717, 1.165) is 11.1 Å². The van der Waals surface area contributed by atoms with Gasteiger partial charge < -0.3 is 14.5 Å². The fraction of sp³-hybridized carbons (Fsp3) is 0.150. The highest BCUT2D eigenvalue weighted by molar-refractivity contribution is 6.01. The molecule has 1 amide bonds. The number of ether oxygens (including phenoxy) is 1. The molecule has 0 saturated heterocycles. The van der Waals surface area contributed by atoms with Crippen LogP contribution in [-0.4, -0.2) is 16.3 Å². The highest BCUT2D eigenvalue weighted by Crippen LogP contribution is 2.23. The van der Waals surface area contributed by atoms with Gasteiger partial charge in [0.1, 0.15) is 12.7 Å². The molecule has 6 heteroatoms. The molecule has 130 valence electrons. The van der Waals surface area contributed by atoms with Crippen LogP contribution >= 0.6 is 0 Å². The van der Waals surface area contributed by atoms with Crippen LogP contribution in [0.2, 0.25) is 0 Å². The van der Waals surface area contributed by atoms with Crippen LogP contribution in [0.5, 0.6) is 0 Å². The summed E-state index contributed by atoms with van der Waals surface area (Å²) < 4.78 is 7.23. The van der Waals surface area contributed by atoms with Crippen LogP contribution in [0.4, 0.5) is 5.69 Å². The number of pyridine rings is 1. The second kappa shape index (κ2) is 7.11. The number of esters is 1. The van der Waals surface area contributed by atoms with Gasteiger partial charge in [0.05, 0.1) is 22.3 Å². The molecular weight excluding hydrogens is 330 g/mol. The van der Waals surface area contributed by atoms with Gasteiger partial charge in [-0.05, 0) is 30.7 Å². The first-order chi connectivity index (χ1) is 12.5. The summed E-state index contributed by atoms with van der Waals surface area (Å²) in [6.45, 7) is 3.15. The summed E-state index contributed by atoms with van der Waals surface area (Å²) in [7, 11) is 0. The third kappa shape index (κ3) is 3.28. The Labute approximate surface area is 150 Å². The maximum atomic E-state index is 12.5. The zero-order chi connectivity index (χ0) is 18.7. The molecule has 3 aromatic rings. The number of hydrogen-bond donors (Lipinski definition) is 1. The van der Waals surface area contributed by atoms with E-state index in [1.165, 1.54) is 6.92 Å². The zero-order valence-electron chi connectivity index (χ0n) is 14.4. The molecule has 0 unspecified atom stereocenters. The molecule has 0 spiro atoms. The van der Waals surface area contributed by atoms with Crippen molar-refractivity contribution < 1.29 is 14.3 Å². The highest BCUT2D eigenvalue weighted by Gasteiger charge is 2.17. The molecular formula is C20H17N3O3. The van der Waals surface area contributed by atoms with E-state index in [9.17, 15) is 14.9 Å². The van der Waals surface area contributed by atoms with Gasteiger partial charge in [0.15, 0.2) is 0 Å². The third-order valence-corrected chi connectivity index (χ3v) is 4.03. The van der Waals surface area contributed by atoms with Crippen molar-refractivity contribution in [3.8, 4) is 6.07 Å². The number of aromatic nitrogens is 1. The molecule has 1 N–H and O–H groups in total. The molecule has 0 radical (unpaired) electrons. The van der Waals surface area contributed by atoms with E-state index < -0.39 is 5.97 Å². The van der Waals surface area contributed by atoms with E-state index in [4.69, 9.17) is 4.74 Å². The number of benzene rings is 1. The predicted molar refractivity (Wildman–Crippen MR) is 96.7 cm³/mol. The molecule has 2 heterocycles. The van der Waals surface area contributed by atoms with Crippen molar-refractivity contribution in [2.75, 3.05) is 5.32 Å². The molecule has 0 aliphatic carbocycles. The molecule has 6 nitrogen and oxygen atoms in total. The van der Waals surface area contributed by atoms with Gasteiger partial charge in [-0.15, -0.1) is 0 Å². The smallest absolute Gasteiger partial charge is 0.340 e. The van der Waals surface area contributed by atoms with Crippen LogP contribution in [0.25, 0.3) is 5.52 Å². The van der Waals surface area contributed by atoms with Gasteiger partial charge >= 0.3 is 5.97 Å². The average molecular weight is 347 g/mol. The quantitative estimate of drug-likeness (QED) is 0.733. The fourth-order valence-electron chi connectivity index (χ4n) is 2.82. The second-order valence-corrected chi connectivity index (χ2v) is 5.89. The Hall–Kier alpha value is -3.59. The maximum absolute atomic E-state index is 12.5. The standard InChI is InChI=1S/C20H17N3O3/c1-13-6-5-7-16(19(13)22-14(2)24)20(25)26-12-15-11-23-9-4-3-8-18(23)17(15)10-21/h3-9,11H,12H2,1-2H3,(H,22,24). The van der Waals surface area contributed by atoms with Crippen molar-refractivity contribution in [1.29, 1.82) is 5.26 Å². The van der Waals surface area contributed by atoms with Crippen molar-refractivity contribution in [3.05, 3.63) is 71.0 Å². The number of para-hydroxylation sites is 1. The minimum Gasteiger partial charge on any atom is -0.457 e. The number of amides is 1. The third-order valence-electron chi connectivity index (χ3n) is 4.03. The lowest BCUT2D eigenvalue weighted by Gasteiger charge is -2.12. The van der Waals surface area contributed by atoms with Gasteiger partial charge in [-0.3, -0.25) is 4.79 Å². The van der Waals surface area contributed by atoms with Crippen molar-refractivity contribution in [2.45, 2.75) is 20.5 Å². The van der Waals surface area contributed by atoms with Gasteiger partial charge in [-0.2, -0.15) is 5.26 Å². The predicted octanol–water partition coefficient (Wildman–Crippen LogP) is 3.43. The summed E-state index contributed by atoms with van der Waals surface area (Å²) in [6, 6.07) is 12.8. The molecule has 3 rings (SSSR count). The molecule has 0 atom stereocenters. The van der Waals surface area contributed by atoms with Crippen LogP contribution in [0, 0.1) is 18.3 Å². The first-order valence-corrected chi connectivity index (χ1v) is 8.04. The number of anilines is 1. The van der Waals surface area contributed by atoms with E-state index in [1.54, 1.807) is 31.3 Å². The van der Waals surface area contributed by atoms with Gasteiger partial charge in [0.25, 0.3) is 0 Å². The van der Waals surface area contributed by atoms with Crippen LogP contribution in [0.1, 0.15) is 34.0 Å². The average Bonchev–Trinajstić information content (AvgIpc) is 2.98. The molecule has 0 aliphatic rings. The summed E-state index contributed by atoms with van der Waals surface area (Å²) in [5.41, 5.74) is 3.35. The number of nitriles is 1. The Morgan fingerprint density at radius 3 is 2.77 bits per heavy atom. The van der Waals surface area contributed by atoms with Gasteiger partial charge in [-0.1, -0.05) is 18.2 Å². The van der Waals surface area contributed by atoms with Crippen LogP contribution in [0.15, 0.2) is 48.8 Å². The number of carbonyl (C=O) groups is 2. The van der Waals surface area contributed by atoms with Crippen molar-refractivity contribution >= 4 is 23.1 Å². The molecule has 0 saturated carbocycles. The Kier molecular flexibility index (Phi) is 4.72. The van der Waals surface area contributed by atoms with E-state index in [0.29, 0.717) is 16.8 Å². The number of rotatable bonds is 4. The van der Waals surface area contributed by atoms with E-state index in [2.05, 4.69) is 11.4 Å². The first-order valence-electron chi connectivity index (χ1n) is 8.04. The lowest BCUT2D eigenvalue weighted by atomic mass is 10.1. The van der Waals surface area contributed by atoms with E-state index in [1.807, 2.05) is 28.8 Å². The van der Waals surface area contributed by atoms with E-state index in [-0.39, 0.29) is 18.1 Å². The Bertz CT molecular complexity index is 1040. The maximum Gasteiger partial charge on any atom is 0.340 e. The summed E-state index contributed by atoms with van der Waals surface area (Å²) in [6.07, 6.45) is 3.60. The highest BCUT2D eigenvalue weighted by atomic mass is 16.5. The van der Waals surface area contributed by atoms with Crippen molar-refractivity contribution in [2.24, 2.45) is 0 Å². The zero-order valence-corrected chi connectivity index (χ0v) is 14.4. The first kappa shape index (κ1) is 17.2. The monoisotopic (exact) mass is 347 g/mol. The van der Waals surface area contributed by atoms with Gasteiger partial charge in [-0.25, -0.2) is 4.79 Å². The van der Waals surface area contributed by atoms with Crippen LogP contribution in [0.3, 0.4) is 0 Å².